The number of rotatable bonds is 4. The molecular formula is C12H15BO5. The Hall–Kier alpha value is -1.69. The minimum atomic E-state index is -0.351. The Morgan fingerprint density at radius 3 is 3.00 bits per heavy atom. The van der Waals surface area contributed by atoms with Gasteiger partial charge in [-0.25, -0.2) is 0 Å². The number of carbonyl (C=O) groups excluding carboxylic acids is 1. The lowest BCUT2D eigenvalue weighted by molar-refractivity contribution is -0.144. The monoisotopic (exact) mass is 250 g/mol. The molecule has 5 nitrogen and oxygen atoms in total. The summed E-state index contributed by atoms with van der Waals surface area (Å²) >= 11 is 0. The Balaban J connectivity index is 2.19. The normalized spacial score (nSPS) is 16.9. The van der Waals surface area contributed by atoms with Crippen LogP contribution in [-0.4, -0.2) is 32.3 Å². The number of ether oxygens (including phenoxy) is 2. The van der Waals surface area contributed by atoms with Gasteiger partial charge in [-0.2, -0.15) is 0 Å². The van der Waals surface area contributed by atoms with E-state index in [0.717, 1.165) is 5.56 Å². The van der Waals surface area contributed by atoms with Crippen molar-refractivity contribution in [3.05, 3.63) is 17.7 Å². The lowest BCUT2D eigenvalue weighted by Gasteiger charge is -2.12. The molecule has 1 aromatic rings. The number of aromatic hydroxyl groups is 1. The number of benzene rings is 1. The number of esters is 1. The summed E-state index contributed by atoms with van der Waals surface area (Å²) < 4.78 is 15.4. The zero-order valence-corrected chi connectivity index (χ0v) is 10.4. The summed E-state index contributed by atoms with van der Waals surface area (Å²) in [5.41, 5.74) is 1.50. The first-order valence-electron chi connectivity index (χ1n) is 5.83. The van der Waals surface area contributed by atoms with Crippen LogP contribution in [-0.2, 0) is 14.2 Å². The van der Waals surface area contributed by atoms with Crippen LogP contribution in [0.5, 0.6) is 11.5 Å². The minimum Gasteiger partial charge on any atom is -0.505 e. The molecule has 1 N–H and O–H groups in total. The van der Waals surface area contributed by atoms with E-state index in [2.05, 4.69) is 0 Å². The molecule has 0 amide bonds. The van der Waals surface area contributed by atoms with Gasteiger partial charge in [-0.15, -0.1) is 0 Å². The molecule has 0 spiro atoms. The third-order valence-electron chi connectivity index (χ3n) is 2.94. The van der Waals surface area contributed by atoms with Gasteiger partial charge >= 0.3 is 13.5 Å². The Kier molecular flexibility index (Phi) is 3.76. The Bertz CT molecular complexity index is 460. The van der Waals surface area contributed by atoms with Crippen molar-refractivity contribution >= 4 is 18.9 Å². The summed E-state index contributed by atoms with van der Waals surface area (Å²) in [6, 6.07) is 3.48. The van der Waals surface area contributed by atoms with E-state index < -0.39 is 0 Å². The quantitative estimate of drug-likeness (QED) is 0.619. The molecule has 1 heterocycles. The fourth-order valence-corrected chi connectivity index (χ4v) is 2.06. The maximum atomic E-state index is 11.4. The molecule has 0 aromatic heterocycles. The Labute approximate surface area is 106 Å². The van der Waals surface area contributed by atoms with E-state index in [1.165, 1.54) is 7.11 Å². The maximum Gasteiger partial charge on any atom is 0.313 e. The number of hydrogen-bond acceptors (Lipinski definition) is 5. The van der Waals surface area contributed by atoms with Crippen molar-refractivity contribution in [1.29, 1.82) is 0 Å². The molecule has 1 aliphatic rings. The fraction of sp³-hybridized carbons (Fsp3) is 0.417. The predicted molar refractivity (Wildman–Crippen MR) is 66.5 cm³/mol. The molecule has 0 bridgehead atoms. The van der Waals surface area contributed by atoms with E-state index in [9.17, 15) is 9.90 Å². The number of hydrogen-bond donors (Lipinski definition) is 1. The van der Waals surface area contributed by atoms with E-state index in [-0.39, 0.29) is 31.7 Å². The summed E-state index contributed by atoms with van der Waals surface area (Å²) in [5, 5.41) is 9.94. The number of phenols is 1. The molecule has 96 valence electrons. The molecule has 1 unspecified atom stereocenters. The van der Waals surface area contributed by atoms with Crippen LogP contribution in [0.3, 0.4) is 0 Å². The molecule has 1 atom stereocenters. The Morgan fingerprint density at radius 1 is 1.56 bits per heavy atom. The van der Waals surface area contributed by atoms with Gasteiger partial charge in [0.05, 0.1) is 26.2 Å². The highest BCUT2D eigenvalue weighted by Crippen LogP contribution is 2.32. The maximum absolute atomic E-state index is 11.4. The van der Waals surface area contributed by atoms with Gasteiger partial charge in [0.15, 0.2) is 11.5 Å². The molecule has 0 saturated carbocycles. The van der Waals surface area contributed by atoms with E-state index in [1.807, 2.05) is 6.07 Å². The molecule has 1 aliphatic heterocycles. The second-order valence-electron chi connectivity index (χ2n) is 3.99. The Morgan fingerprint density at radius 2 is 2.33 bits per heavy atom. The lowest BCUT2D eigenvalue weighted by Crippen LogP contribution is -2.13. The average molecular weight is 250 g/mol. The number of phenolic OH excluding ortho intramolecular Hbond substituents is 1. The van der Waals surface area contributed by atoms with E-state index in [1.54, 1.807) is 13.0 Å². The molecule has 0 fully saturated rings. The average Bonchev–Trinajstić information content (AvgIpc) is 2.74. The van der Waals surface area contributed by atoms with Crippen molar-refractivity contribution in [2.24, 2.45) is 0 Å². The zero-order chi connectivity index (χ0) is 13.1. The molecule has 2 rings (SSSR count). The van der Waals surface area contributed by atoms with Crippen LogP contribution in [0.15, 0.2) is 12.1 Å². The van der Waals surface area contributed by atoms with E-state index >= 15 is 0 Å². The number of fused-ring (bicyclic) bond motifs is 1. The van der Waals surface area contributed by atoms with Crippen LogP contribution in [0.4, 0.5) is 0 Å². The van der Waals surface area contributed by atoms with Crippen LogP contribution < -0.4 is 10.2 Å². The first-order valence-corrected chi connectivity index (χ1v) is 5.83. The predicted octanol–water partition coefficient (Wildman–Crippen LogP) is 0.402. The van der Waals surface area contributed by atoms with Crippen molar-refractivity contribution in [3.8, 4) is 11.5 Å². The standard InChI is InChI=1S/C12H15BO5/c1-3-17-10(14)6-9-7-4-5-8(16-2)12(15)11(7)13-18-9/h4-5,9,13,15H,3,6H2,1-2H3. The van der Waals surface area contributed by atoms with Gasteiger partial charge in [-0.3, -0.25) is 4.79 Å². The summed E-state index contributed by atoms with van der Waals surface area (Å²) in [4.78, 5) is 11.4. The number of carbonyl (C=O) groups is 1. The third kappa shape index (κ3) is 2.29. The van der Waals surface area contributed by atoms with Gasteiger partial charge in [-0.05, 0) is 24.0 Å². The fourth-order valence-electron chi connectivity index (χ4n) is 2.06. The van der Waals surface area contributed by atoms with Crippen LogP contribution in [0.1, 0.15) is 25.0 Å². The van der Waals surface area contributed by atoms with E-state index in [4.69, 9.17) is 14.1 Å². The smallest absolute Gasteiger partial charge is 0.313 e. The highest BCUT2D eigenvalue weighted by Gasteiger charge is 2.30. The van der Waals surface area contributed by atoms with Gasteiger partial charge in [0, 0.05) is 0 Å². The minimum absolute atomic E-state index is 0.0846. The van der Waals surface area contributed by atoms with Crippen molar-refractivity contribution in [2.75, 3.05) is 13.7 Å². The highest BCUT2D eigenvalue weighted by atomic mass is 16.5. The van der Waals surface area contributed by atoms with Gasteiger partial charge in [0.25, 0.3) is 0 Å². The molecule has 18 heavy (non-hydrogen) atoms. The second kappa shape index (κ2) is 5.31. The molecule has 0 aliphatic carbocycles. The van der Waals surface area contributed by atoms with E-state index in [0.29, 0.717) is 17.8 Å². The van der Waals surface area contributed by atoms with Gasteiger partial charge < -0.3 is 19.2 Å². The van der Waals surface area contributed by atoms with Crippen LogP contribution >= 0.6 is 0 Å². The summed E-state index contributed by atoms with van der Waals surface area (Å²) in [6.45, 7) is 2.12. The van der Waals surface area contributed by atoms with Crippen molar-refractivity contribution < 1.29 is 24.0 Å². The molecular weight excluding hydrogens is 235 g/mol. The molecule has 6 heteroatoms. The van der Waals surface area contributed by atoms with Crippen LogP contribution in [0.25, 0.3) is 0 Å². The third-order valence-corrected chi connectivity index (χ3v) is 2.94. The van der Waals surface area contributed by atoms with Crippen LogP contribution in [0.2, 0.25) is 0 Å². The van der Waals surface area contributed by atoms with Gasteiger partial charge in [-0.1, -0.05) is 6.07 Å². The zero-order valence-electron chi connectivity index (χ0n) is 10.4. The van der Waals surface area contributed by atoms with Crippen molar-refractivity contribution in [2.45, 2.75) is 19.4 Å². The summed E-state index contributed by atoms with van der Waals surface area (Å²) in [6.07, 6.45) is -0.192. The molecule has 0 radical (unpaired) electrons. The largest absolute Gasteiger partial charge is 0.505 e. The van der Waals surface area contributed by atoms with Crippen molar-refractivity contribution in [1.82, 2.24) is 0 Å². The SMILES string of the molecule is CCOC(=O)CC1OBc2c1ccc(OC)c2O. The van der Waals surface area contributed by atoms with Crippen LogP contribution in [0, 0.1) is 0 Å². The van der Waals surface area contributed by atoms with Gasteiger partial charge in [0.2, 0.25) is 0 Å². The first kappa shape index (κ1) is 12.8. The molecule has 0 saturated heterocycles. The number of methoxy groups -OCH3 is 1. The van der Waals surface area contributed by atoms with Crippen molar-refractivity contribution in [3.63, 3.8) is 0 Å². The summed E-state index contributed by atoms with van der Waals surface area (Å²) in [7, 11) is 1.77. The molecule has 1 aromatic carbocycles. The summed E-state index contributed by atoms with van der Waals surface area (Å²) in [5.74, 6) is 0.196. The second-order valence-corrected chi connectivity index (χ2v) is 3.99. The topological polar surface area (TPSA) is 65.0 Å². The van der Waals surface area contributed by atoms with Gasteiger partial charge in [0.1, 0.15) is 0 Å². The first-order chi connectivity index (χ1) is 8.67. The lowest BCUT2D eigenvalue weighted by atomic mass is 9.85. The highest BCUT2D eigenvalue weighted by molar-refractivity contribution is 6.50.